The summed E-state index contributed by atoms with van der Waals surface area (Å²) in [6.45, 7) is 1.64. The lowest BCUT2D eigenvalue weighted by atomic mass is 9.83. The highest BCUT2D eigenvalue weighted by atomic mass is 16.1. The van der Waals surface area contributed by atoms with E-state index in [2.05, 4.69) is 17.3 Å². The summed E-state index contributed by atoms with van der Waals surface area (Å²) < 4.78 is 0. The molecule has 3 N–H and O–H groups in total. The highest BCUT2D eigenvalue weighted by Gasteiger charge is 2.28. The Bertz CT molecular complexity index is 278. The first kappa shape index (κ1) is 13.8. The van der Waals surface area contributed by atoms with Crippen LogP contribution < -0.4 is 11.1 Å². The van der Waals surface area contributed by atoms with E-state index in [0.29, 0.717) is 24.4 Å². The van der Waals surface area contributed by atoms with Crippen LogP contribution >= 0.6 is 0 Å². The number of hydrogen-bond donors (Lipinski definition) is 2. The molecule has 1 amide bonds. The van der Waals surface area contributed by atoms with Crippen molar-refractivity contribution in [2.24, 2.45) is 11.7 Å². The third-order valence-electron chi connectivity index (χ3n) is 4.37. The largest absolute Gasteiger partial charge is 0.353 e. The van der Waals surface area contributed by atoms with E-state index in [1.807, 2.05) is 0 Å². The lowest BCUT2D eigenvalue weighted by Gasteiger charge is -2.37. The molecule has 18 heavy (non-hydrogen) atoms. The van der Waals surface area contributed by atoms with Gasteiger partial charge in [0, 0.05) is 25.0 Å². The highest BCUT2D eigenvalue weighted by molar-refractivity contribution is 5.76. The fraction of sp³-hybridized carbons (Fsp3) is 0.929. The van der Waals surface area contributed by atoms with E-state index in [1.54, 1.807) is 0 Å². The predicted octanol–water partition coefficient (Wildman–Crippen LogP) is 1.10. The van der Waals surface area contributed by atoms with Crippen molar-refractivity contribution in [2.75, 3.05) is 20.1 Å². The average molecular weight is 253 g/mol. The van der Waals surface area contributed by atoms with Gasteiger partial charge in [-0.25, -0.2) is 0 Å². The second-order valence-electron chi connectivity index (χ2n) is 5.92. The van der Waals surface area contributed by atoms with Crippen molar-refractivity contribution in [3.05, 3.63) is 0 Å². The summed E-state index contributed by atoms with van der Waals surface area (Å²) in [7, 11) is 2.14. The van der Waals surface area contributed by atoms with Gasteiger partial charge in [-0.15, -0.1) is 0 Å². The normalized spacial score (nSPS) is 28.4. The standard InChI is InChI=1S/C14H27N3O/c1-17(9-8-14(18)16-12-6-7-12)13-5-3-2-4-11(13)10-15/h11-13H,2-10,15H2,1H3,(H,16,18). The second-order valence-corrected chi connectivity index (χ2v) is 5.92. The number of carbonyl (C=O) groups excluding carboxylic acids is 1. The van der Waals surface area contributed by atoms with Crippen molar-refractivity contribution in [1.29, 1.82) is 0 Å². The van der Waals surface area contributed by atoms with Crippen molar-refractivity contribution >= 4 is 5.91 Å². The highest BCUT2D eigenvalue weighted by Crippen LogP contribution is 2.27. The van der Waals surface area contributed by atoms with Crippen LogP contribution in [0.5, 0.6) is 0 Å². The molecular weight excluding hydrogens is 226 g/mol. The lowest BCUT2D eigenvalue weighted by Crippen LogP contribution is -2.44. The Kier molecular flexibility index (Phi) is 5.01. The van der Waals surface area contributed by atoms with E-state index >= 15 is 0 Å². The van der Waals surface area contributed by atoms with E-state index in [4.69, 9.17) is 5.73 Å². The van der Waals surface area contributed by atoms with Gasteiger partial charge in [0.25, 0.3) is 0 Å². The van der Waals surface area contributed by atoms with Crippen LogP contribution in [0.1, 0.15) is 44.9 Å². The molecule has 0 aromatic carbocycles. The number of nitrogens with one attached hydrogen (secondary N) is 1. The zero-order valence-corrected chi connectivity index (χ0v) is 11.5. The molecule has 0 aliphatic heterocycles. The number of hydrogen-bond acceptors (Lipinski definition) is 3. The van der Waals surface area contributed by atoms with Gasteiger partial charge in [-0.05, 0) is 45.2 Å². The molecule has 0 bridgehead atoms. The Balaban J connectivity index is 1.71. The molecule has 104 valence electrons. The van der Waals surface area contributed by atoms with Gasteiger partial charge >= 0.3 is 0 Å². The first-order chi connectivity index (χ1) is 8.70. The van der Waals surface area contributed by atoms with Crippen LogP contribution in [0.4, 0.5) is 0 Å². The number of amides is 1. The van der Waals surface area contributed by atoms with Gasteiger partial charge < -0.3 is 16.0 Å². The molecule has 2 fully saturated rings. The summed E-state index contributed by atoms with van der Waals surface area (Å²) in [5.41, 5.74) is 5.86. The second kappa shape index (κ2) is 6.53. The van der Waals surface area contributed by atoms with Gasteiger partial charge in [-0.3, -0.25) is 4.79 Å². The van der Waals surface area contributed by atoms with Crippen molar-refractivity contribution in [1.82, 2.24) is 10.2 Å². The molecule has 4 heteroatoms. The lowest BCUT2D eigenvalue weighted by molar-refractivity contribution is -0.121. The molecule has 0 aromatic rings. The molecule has 2 aliphatic rings. The number of nitrogens with zero attached hydrogens (tertiary/aromatic N) is 1. The Labute approximate surface area is 110 Å². The summed E-state index contributed by atoms with van der Waals surface area (Å²) in [5, 5.41) is 3.05. The zero-order chi connectivity index (χ0) is 13.0. The smallest absolute Gasteiger partial charge is 0.221 e. The maximum absolute atomic E-state index is 11.7. The molecule has 2 rings (SSSR count). The van der Waals surface area contributed by atoms with Crippen LogP contribution in [0.3, 0.4) is 0 Å². The van der Waals surface area contributed by atoms with Crippen LogP contribution in [0.2, 0.25) is 0 Å². The summed E-state index contributed by atoms with van der Waals surface area (Å²) in [6.07, 6.45) is 8.07. The van der Waals surface area contributed by atoms with E-state index in [0.717, 1.165) is 13.1 Å². The van der Waals surface area contributed by atoms with Crippen LogP contribution in [0.15, 0.2) is 0 Å². The minimum absolute atomic E-state index is 0.212. The molecule has 0 spiro atoms. The molecule has 0 saturated heterocycles. The molecule has 0 radical (unpaired) electrons. The Morgan fingerprint density at radius 2 is 2.00 bits per heavy atom. The van der Waals surface area contributed by atoms with Crippen molar-refractivity contribution in [3.63, 3.8) is 0 Å². The number of rotatable bonds is 6. The maximum atomic E-state index is 11.7. The van der Waals surface area contributed by atoms with Crippen molar-refractivity contribution in [2.45, 2.75) is 57.0 Å². The number of nitrogens with two attached hydrogens (primary N) is 1. The average Bonchev–Trinajstić information content (AvgIpc) is 3.19. The van der Waals surface area contributed by atoms with Crippen LogP contribution in [0, 0.1) is 5.92 Å². The quantitative estimate of drug-likeness (QED) is 0.745. The number of carbonyl (C=O) groups is 1. The Morgan fingerprint density at radius 3 is 2.67 bits per heavy atom. The van der Waals surface area contributed by atoms with E-state index in [1.165, 1.54) is 38.5 Å². The SMILES string of the molecule is CN(CCC(=O)NC1CC1)C1CCCCC1CN. The predicted molar refractivity (Wildman–Crippen MR) is 73.2 cm³/mol. The minimum atomic E-state index is 0.212. The minimum Gasteiger partial charge on any atom is -0.353 e. The van der Waals surface area contributed by atoms with Gasteiger partial charge in [-0.2, -0.15) is 0 Å². The van der Waals surface area contributed by atoms with Gasteiger partial charge in [0.1, 0.15) is 0 Å². The molecular formula is C14H27N3O. The Morgan fingerprint density at radius 1 is 1.28 bits per heavy atom. The topological polar surface area (TPSA) is 58.4 Å². The molecule has 2 atom stereocenters. The molecule has 0 heterocycles. The fourth-order valence-corrected chi connectivity index (χ4v) is 3.01. The molecule has 2 saturated carbocycles. The van der Waals surface area contributed by atoms with Crippen LogP contribution in [-0.2, 0) is 4.79 Å². The molecule has 4 nitrogen and oxygen atoms in total. The van der Waals surface area contributed by atoms with Crippen molar-refractivity contribution in [3.8, 4) is 0 Å². The zero-order valence-electron chi connectivity index (χ0n) is 11.5. The first-order valence-corrected chi connectivity index (χ1v) is 7.40. The fourth-order valence-electron chi connectivity index (χ4n) is 3.01. The third kappa shape index (κ3) is 3.95. The van der Waals surface area contributed by atoms with E-state index in [9.17, 15) is 4.79 Å². The summed E-state index contributed by atoms with van der Waals surface area (Å²) in [5.74, 6) is 0.833. The molecule has 0 aromatic heterocycles. The van der Waals surface area contributed by atoms with E-state index < -0.39 is 0 Å². The van der Waals surface area contributed by atoms with Crippen molar-refractivity contribution < 1.29 is 4.79 Å². The summed E-state index contributed by atoms with van der Waals surface area (Å²) in [6, 6.07) is 1.06. The van der Waals surface area contributed by atoms with Gasteiger partial charge in [0.05, 0.1) is 0 Å². The van der Waals surface area contributed by atoms with Gasteiger partial charge in [-0.1, -0.05) is 12.8 Å². The van der Waals surface area contributed by atoms with E-state index in [-0.39, 0.29) is 5.91 Å². The summed E-state index contributed by atoms with van der Waals surface area (Å²) in [4.78, 5) is 14.0. The summed E-state index contributed by atoms with van der Waals surface area (Å²) >= 11 is 0. The monoisotopic (exact) mass is 253 g/mol. The first-order valence-electron chi connectivity index (χ1n) is 7.40. The van der Waals surface area contributed by atoms with Gasteiger partial charge in [0.2, 0.25) is 5.91 Å². The van der Waals surface area contributed by atoms with Gasteiger partial charge in [0.15, 0.2) is 0 Å². The maximum Gasteiger partial charge on any atom is 0.221 e. The third-order valence-corrected chi connectivity index (χ3v) is 4.37. The van der Waals surface area contributed by atoms with Crippen LogP contribution in [-0.4, -0.2) is 43.0 Å². The van der Waals surface area contributed by atoms with Crippen LogP contribution in [0.25, 0.3) is 0 Å². The molecule has 2 unspecified atom stereocenters. The Hall–Kier alpha value is -0.610. The molecule has 2 aliphatic carbocycles.